The number of benzene rings is 1. The number of rotatable bonds is 7. The lowest BCUT2D eigenvalue weighted by Gasteiger charge is -2.21. The normalized spacial score (nSPS) is 13.8. The van der Waals surface area contributed by atoms with E-state index in [-0.39, 0.29) is 36.2 Å². The first kappa shape index (κ1) is 20.3. The van der Waals surface area contributed by atoms with Gasteiger partial charge in [-0.2, -0.15) is 0 Å². The van der Waals surface area contributed by atoms with Crippen molar-refractivity contribution in [2.24, 2.45) is 0 Å². The molecular weight excluding hydrogens is 387 g/mol. The van der Waals surface area contributed by atoms with Crippen LogP contribution in [0, 0.1) is 5.82 Å². The van der Waals surface area contributed by atoms with Gasteiger partial charge in [0.1, 0.15) is 12.4 Å². The highest BCUT2D eigenvalue weighted by atomic mass is 35.5. The van der Waals surface area contributed by atoms with Crippen molar-refractivity contribution in [3.05, 3.63) is 56.7 Å². The lowest BCUT2D eigenvalue weighted by molar-refractivity contribution is -0.121. The van der Waals surface area contributed by atoms with Crippen molar-refractivity contribution in [3.63, 3.8) is 0 Å². The standard InChI is InChI=1S/C19H22ClFN4O3/c1-28-12-14-9-18(27)25(19(23-14)24-6-2-3-7-24)11-17(26)22-10-13-4-5-16(21)15(20)8-13/h4-5,8-9H,2-3,6-7,10-12H2,1H3,(H,22,26). The van der Waals surface area contributed by atoms with E-state index in [0.717, 1.165) is 25.9 Å². The predicted molar refractivity (Wildman–Crippen MR) is 104 cm³/mol. The zero-order valence-electron chi connectivity index (χ0n) is 15.6. The molecule has 0 aliphatic carbocycles. The van der Waals surface area contributed by atoms with Gasteiger partial charge in [-0.15, -0.1) is 0 Å². The molecule has 7 nitrogen and oxygen atoms in total. The molecule has 9 heteroatoms. The van der Waals surface area contributed by atoms with Crippen molar-refractivity contribution in [2.45, 2.75) is 32.5 Å². The molecule has 1 aliphatic rings. The van der Waals surface area contributed by atoms with Crippen molar-refractivity contribution < 1.29 is 13.9 Å². The maximum absolute atomic E-state index is 13.2. The summed E-state index contributed by atoms with van der Waals surface area (Å²) in [5.74, 6) is -0.373. The van der Waals surface area contributed by atoms with E-state index < -0.39 is 5.82 Å². The third-order valence-electron chi connectivity index (χ3n) is 4.50. The average Bonchev–Trinajstić information content (AvgIpc) is 3.19. The molecule has 150 valence electrons. The molecule has 0 unspecified atom stereocenters. The maximum Gasteiger partial charge on any atom is 0.255 e. The molecule has 0 radical (unpaired) electrons. The molecule has 0 saturated carbocycles. The van der Waals surface area contributed by atoms with Crippen LogP contribution in [0.4, 0.5) is 10.3 Å². The molecule has 0 bridgehead atoms. The number of carbonyl (C=O) groups is 1. The molecular formula is C19H22ClFN4O3. The second-order valence-electron chi connectivity index (χ2n) is 6.62. The van der Waals surface area contributed by atoms with Crippen LogP contribution in [0.2, 0.25) is 5.02 Å². The van der Waals surface area contributed by atoms with Crippen LogP contribution in [-0.2, 0) is 29.2 Å². The summed E-state index contributed by atoms with van der Waals surface area (Å²) in [7, 11) is 1.54. The quantitative estimate of drug-likeness (QED) is 0.759. The Hall–Kier alpha value is -2.45. The fourth-order valence-corrected chi connectivity index (χ4v) is 3.32. The SMILES string of the molecule is COCc1cc(=O)n(CC(=O)NCc2ccc(F)c(Cl)c2)c(N2CCCC2)n1. The van der Waals surface area contributed by atoms with E-state index in [0.29, 0.717) is 17.2 Å². The van der Waals surface area contributed by atoms with E-state index in [1.807, 2.05) is 4.90 Å². The molecule has 1 amide bonds. The van der Waals surface area contributed by atoms with Crippen molar-refractivity contribution in [1.29, 1.82) is 0 Å². The zero-order valence-corrected chi connectivity index (χ0v) is 16.3. The minimum Gasteiger partial charge on any atom is -0.378 e. The summed E-state index contributed by atoms with van der Waals surface area (Å²) in [5, 5.41) is 2.73. The summed E-state index contributed by atoms with van der Waals surface area (Å²) in [6.07, 6.45) is 2.03. The molecule has 0 spiro atoms. The molecule has 1 aliphatic heterocycles. The fraction of sp³-hybridized carbons (Fsp3) is 0.421. The van der Waals surface area contributed by atoms with Gasteiger partial charge in [0.25, 0.3) is 5.56 Å². The number of carbonyl (C=O) groups excluding carboxylic acids is 1. The highest BCUT2D eigenvalue weighted by Gasteiger charge is 2.20. The number of hydrogen-bond acceptors (Lipinski definition) is 5. The van der Waals surface area contributed by atoms with E-state index in [4.69, 9.17) is 16.3 Å². The van der Waals surface area contributed by atoms with Crippen molar-refractivity contribution >= 4 is 23.5 Å². The van der Waals surface area contributed by atoms with Crippen LogP contribution in [0.1, 0.15) is 24.1 Å². The summed E-state index contributed by atoms with van der Waals surface area (Å²) in [6.45, 7) is 1.84. The van der Waals surface area contributed by atoms with Gasteiger partial charge in [-0.1, -0.05) is 17.7 Å². The molecule has 2 aromatic rings. The number of nitrogens with zero attached hydrogens (tertiary/aromatic N) is 3. The van der Waals surface area contributed by atoms with E-state index in [9.17, 15) is 14.0 Å². The van der Waals surface area contributed by atoms with Crippen molar-refractivity contribution in [3.8, 4) is 0 Å². The van der Waals surface area contributed by atoms with Gasteiger partial charge < -0.3 is 15.0 Å². The third-order valence-corrected chi connectivity index (χ3v) is 4.79. The van der Waals surface area contributed by atoms with Gasteiger partial charge in [0.05, 0.1) is 17.3 Å². The number of aromatic nitrogens is 2. The number of halogens is 2. The van der Waals surface area contributed by atoms with Gasteiger partial charge in [-0.3, -0.25) is 14.2 Å². The highest BCUT2D eigenvalue weighted by molar-refractivity contribution is 6.30. The van der Waals surface area contributed by atoms with Gasteiger partial charge in [0.15, 0.2) is 0 Å². The smallest absolute Gasteiger partial charge is 0.255 e. The van der Waals surface area contributed by atoms with Crippen LogP contribution in [0.25, 0.3) is 0 Å². The Morgan fingerprint density at radius 3 is 2.75 bits per heavy atom. The summed E-state index contributed by atoms with van der Waals surface area (Å²) >= 11 is 5.76. The molecule has 1 saturated heterocycles. The van der Waals surface area contributed by atoms with E-state index in [2.05, 4.69) is 10.3 Å². The zero-order chi connectivity index (χ0) is 20.1. The van der Waals surface area contributed by atoms with Gasteiger partial charge >= 0.3 is 0 Å². The molecule has 3 rings (SSSR count). The molecule has 1 aromatic heterocycles. The second kappa shape index (κ2) is 9.16. The Morgan fingerprint density at radius 2 is 2.07 bits per heavy atom. The summed E-state index contributed by atoms with van der Waals surface area (Å²) < 4.78 is 19.7. The Labute approximate surface area is 167 Å². The minimum absolute atomic E-state index is 0.00257. The molecule has 1 fully saturated rings. The van der Waals surface area contributed by atoms with Crippen molar-refractivity contribution in [1.82, 2.24) is 14.9 Å². The second-order valence-corrected chi connectivity index (χ2v) is 7.03. The largest absolute Gasteiger partial charge is 0.378 e. The van der Waals surface area contributed by atoms with Gasteiger partial charge in [0, 0.05) is 32.8 Å². The highest BCUT2D eigenvalue weighted by Crippen LogP contribution is 2.18. The Morgan fingerprint density at radius 1 is 1.32 bits per heavy atom. The number of hydrogen-bond donors (Lipinski definition) is 1. The van der Waals surface area contributed by atoms with Gasteiger partial charge in [-0.05, 0) is 30.5 Å². The molecule has 2 heterocycles. The summed E-state index contributed by atoms with van der Waals surface area (Å²) in [6, 6.07) is 5.64. The van der Waals surface area contributed by atoms with Crippen molar-refractivity contribution in [2.75, 3.05) is 25.1 Å². The van der Waals surface area contributed by atoms with Gasteiger partial charge in [-0.25, -0.2) is 9.37 Å². The summed E-state index contributed by atoms with van der Waals surface area (Å²) in [4.78, 5) is 31.5. The Balaban J connectivity index is 1.75. The lowest BCUT2D eigenvalue weighted by atomic mass is 10.2. The van der Waals surface area contributed by atoms with Crippen LogP contribution < -0.4 is 15.8 Å². The number of anilines is 1. The van der Waals surface area contributed by atoms with Crippen LogP contribution in [0.3, 0.4) is 0 Å². The lowest BCUT2D eigenvalue weighted by Crippen LogP contribution is -2.36. The molecule has 28 heavy (non-hydrogen) atoms. The van der Waals surface area contributed by atoms with Crippen LogP contribution >= 0.6 is 11.6 Å². The third kappa shape index (κ3) is 4.88. The topological polar surface area (TPSA) is 76.5 Å². The summed E-state index contributed by atoms with van der Waals surface area (Å²) in [5.41, 5.74) is 0.899. The van der Waals surface area contributed by atoms with E-state index >= 15 is 0 Å². The first-order chi connectivity index (χ1) is 13.5. The Bertz CT molecular complexity index is 913. The fourth-order valence-electron chi connectivity index (χ4n) is 3.12. The number of nitrogens with one attached hydrogen (secondary N) is 1. The number of methoxy groups -OCH3 is 1. The number of amides is 1. The molecule has 1 N–H and O–H groups in total. The predicted octanol–water partition coefficient (Wildman–Crippen LogP) is 2.10. The first-order valence-corrected chi connectivity index (χ1v) is 9.41. The van der Waals surface area contributed by atoms with Gasteiger partial charge in [0.2, 0.25) is 11.9 Å². The molecule has 1 aromatic carbocycles. The van der Waals surface area contributed by atoms with Crippen LogP contribution in [0.5, 0.6) is 0 Å². The Kier molecular flexibility index (Phi) is 6.64. The molecule has 0 atom stereocenters. The van der Waals surface area contributed by atoms with E-state index in [1.165, 1.54) is 29.9 Å². The van der Waals surface area contributed by atoms with E-state index in [1.54, 1.807) is 6.07 Å². The monoisotopic (exact) mass is 408 g/mol. The van der Waals surface area contributed by atoms with Crippen LogP contribution in [-0.4, -0.2) is 35.7 Å². The van der Waals surface area contributed by atoms with Crippen LogP contribution in [0.15, 0.2) is 29.1 Å². The number of ether oxygens (including phenoxy) is 1. The average molecular weight is 409 g/mol. The minimum atomic E-state index is -0.513. The first-order valence-electron chi connectivity index (χ1n) is 9.03. The maximum atomic E-state index is 13.2.